The van der Waals surface area contributed by atoms with Gasteiger partial charge < -0.3 is 5.11 Å². The maximum absolute atomic E-state index is 11.6. The second-order valence-corrected chi connectivity index (χ2v) is 12.9. The molecule has 0 radical (unpaired) electrons. The van der Waals surface area contributed by atoms with Gasteiger partial charge in [-0.25, -0.2) is 0 Å². The summed E-state index contributed by atoms with van der Waals surface area (Å²) < 4.78 is 0. The Labute approximate surface area is 188 Å². The van der Waals surface area contributed by atoms with E-state index in [-0.39, 0.29) is 16.7 Å². The van der Waals surface area contributed by atoms with Gasteiger partial charge in [-0.15, -0.1) is 0 Å². The molecule has 0 aromatic rings. The summed E-state index contributed by atoms with van der Waals surface area (Å²) in [5.41, 5.74) is 15.5. The van der Waals surface area contributed by atoms with Crippen molar-refractivity contribution >= 4 is 0 Å². The minimum absolute atomic E-state index is 0.115. The number of allylic oxidation sites excluding steroid dienone is 12. The zero-order valence-electron chi connectivity index (χ0n) is 20.9. The molecule has 0 aliphatic heterocycles. The molecule has 0 spiro atoms. The number of hydrogen-bond donors (Lipinski definition) is 1. The van der Waals surface area contributed by atoms with Gasteiger partial charge in [0.2, 0.25) is 0 Å². The van der Waals surface area contributed by atoms with Crippen molar-refractivity contribution in [1.29, 1.82) is 0 Å². The monoisotopic (exact) mass is 414 g/mol. The van der Waals surface area contributed by atoms with Crippen LogP contribution in [0.25, 0.3) is 0 Å². The van der Waals surface area contributed by atoms with Gasteiger partial charge in [0.1, 0.15) is 5.76 Å². The first-order valence-corrected chi connectivity index (χ1v) is 12.3. The minimum atomic E-state index is 0.115. The fraction of sp³-hybridized carbons (Fsp3) is 0.600. The summed E-state index contributed by atoms with van der Waals surface area (Å²) in [6.45, 7) is 21.3. The van der Waals surface area contributed by atoms with E-state index in [1.807, 2.05) is 0 Å². The molecule has 164 valence electrons. The average Bonchev–Trinajstić information content (AvgIpc) is 2.66. The van der Waals surface area contributed by atoms with Crippen molar-refractivity contribution in [1.82, 2.24) is 0 Å². The van der Waals surface area contributed by atoms with E-state index in [1.54, 1.807) is 22.3 Å². The molecule has 9 aliphatic rings. The lowest BCUT2D eigenvalue weighted by Gasteiger charge is -2.58. The van der Waals surface area contributed by atoms with Crippen LogP contribution in [0, 0.1) is 34.0 Å². The molecular weight excluding hydrogens is 376 g/mol. The average molecular weight is 415 g/mol. The van der Waals surface area contributed by atoms with Gasteiger partial charge in [0.25, 0.3) is 0 Å². The third-order valence-electron chi connectivity index (χ3n) is 10.9. The Balaban J connectivity index is 1.61. The fourth-order valence-electron chi connectivity index (χ4n) is 8.30. The van der Waals surface area contributed by atoms with Crippen LogP contribution in [0.15, 0.2) is 67.6 Å². The third kappa shape index (κ3) is 2.01. The Kier molecular flexibility index (Phi) is 3.47. The van der Waals surface area contributed by atoms with Crippen LogP contribution in [0.4, 0.5) is 0 Å². The number of fused-ring (bicyclic) bond motifs is 5. The summed E-state index contributed by atoms with van der Waals surface area (Å²) in [6.07, 6.45) is 6.10. The van der Waals surface area contributed by atoms with Crippen LogP contribution >= 0.6 is 0 Å². The third-order valence-corrected chi connectivity index (χ3v) is 10.9. The zero-order chi connectivity index (χ0) is 22.4. The van der Waals surface area contributed by atoms with Gasteiger partial charge in [-0.3, -0.25) is 0 Å². The highest BCUT2D eigenvalue weighted by Gasteiger charge is 2.56. The van der Waals surface area contributed by atoms with Crippen LogP contribution in [-0.4, -0.2) is 5.11 Å². The lowest BCUT2D eigenvalue weighted by atomic mass is 9.46. The summed E-state index contributed by atoms with van der Waals surface area (Å²) in [5.74, 6) is 2.17. The standard InChI is InChI=1S/C30H38O/c1-14-18(10-17-11-19(14)28(17,4)5)26-22-12-20(29(22,6)7)15(2)24(26)25-16(3)21-13-23(27(25)31)30(21,8)9/h10,17,22-23,31H,11-13H2,1-9H3. The molecule has 9 rings (SSSR count). The molecule has 6 bridgehead atoms. The normalized spacial score (nSPS) is 36.3. The number of aliphatic hydroxyl groups is 1. The summed E-state index contributed by atoms with van der Waals surface area (Å²) in [7, 11) is 0. The molecule has 31 heavy (non-hydrogen) atoms. The highest BCUT2D eigenvalue weighted by Crippen LogP contribution is 2.68. The first kappa shape index (κ1) is 19.9. The summed E-state index contributed by atoms with van der Waals surface area (Å²) in [4.78, 5) is 0. The fourth-order valence-corrected chi connectivity index (χ4v) is 8.30. The Morgan fingerprint density at radius 1 is 0.677 bits per heavy atom. The van der Waals surface area contributed by atoms with Crippen LogP contribution in [0.1, 0.15) is 81.6 Å². The number of hydrogen-bond acceptors (Lipinski definition) is 1. The molecule has 0 saturated heterocycles. The van der Waals surface area contributed by atoms with Crippen molar-refractivity contribution in [2.24, 2.45) is 34.0 Å². The molecule has 1 N–H and O–H groups in total. The van der Waals surface area contributed by atoms with Crippen LogP contribution in [0.2, 0.25) is 0 Å². The predicted octanol–water partition coefficient (Wildman–Crippen LogP) is 8.15. The molecule has 3 fully saturated rings. The van der Waals surface area contributed by atoms with E-state index < -0.39 is 0 Å². The molecule has 3 atom stereocenters. The van der Waals surface area contributed by atoms with Gasteiger partial charge in [0, 0.05) is 11.5 Å². The number of rotatable bonds is 2. The predicted molar refractivity (Wildman–Crippen MR) is 129 cm³/mol. The highest BCUT2D eigenvalue weighted by molar-refractivity contribution is 5.74. The molecule has 0 heterocycles. The smallest absolute Gasteiger partial charge is 0.105 e. The van der Waals surface area contributed by atoms with Gasteiger partial charge in [-0.1, -0.05) is 64.3 Å². The lowest BCUT2D eigenvalue weighted by Crippen LogP contribution is -2.47. The van der Waals surface area contributed by atoms with Crippen molar-refractivity contribution < 1.29 is 5.11 Å². The van der Waals surface area contributed by atoms with E-state index in [2.05, 4.69) is 68.4 Å². The first-order valence-electron chi connectivity index (χ1n) is 12.3. The molecule has 3 saturated carbocycles. The van der Waals surface area contributed by atoms with Crippen molar-refractivity contribution in [3.05, 3.63) is 67.6 Å². The van der Waals surface area contributed by atoms with Gasteiger partial charge in [0.15, 0.2) is 0 Å². The SMILES string of the molecule is CC1=C2CC(C=C1C1=C(C3=C(O)C4CC(=C3C)C4(C)C)C(C)=C3CC1C3(C)C)C2(C)C. The van der Waals surface area contributed by atoms with E-state index in [0.29, 0.717) is 23.0 Å². The quantitative estimate of drug-likeness (QED) is 0.483. The molecule has 0 amide bonds. The van der Waals surface area contributed by atoms with Gasteiger partial charge in [0.05, 0.1) is 0 Å². The summed E-state index contributed by atoms with van der Waals surface area (Å²) >= 11 is 0. The highest BCUT2D eigenvalue weighted by atomic mass is 16.3. The van der Waals surface area contributed by atoms with E-state index in [4.69, 9.17) is 0 Å². The minimum Gasteiger partial charge on any atom is -0.511 e. The Morgan fingerprint density at radius 3 is 1.68 bits per heavy atom. The molecule has 1 nitrogen and oxygen atoms in total. The molecule has 0 aromatic heterocycles. The van der Waals surface area contributed by atoms with E-state index >= 15 is 0 Å². The Bertz CT molecular complexity index is 1160. The van der Waals surface area contributed by atoms with Crippen molar-refractivity contribution in [3.8, 4) is 0 Å². The molecular formula is C30H38O. The van der Waals surface area contributed by atoms with E-state index in [9.17, 15) is 5.11 Å². The molecule has 0 aromatic carbocycles. The van der Waals surface area contributed by atoms with Gasteiger partial charge >= 0.3 is 0 Å². The van der Waals surface area contributed by atoms with Crippen LogP contribution in [0.3, 0.4) is 0 Å². The Morgan fingerprint density at radius 2 is 1.19 bits per heavy atom. The van der Waals surface area contributed by atoms with Crippen molar-refractivity contribution in [2.75, 3.05) is 0 Å². The zero-order valence-corrected chi connectivity index (χ0v) is 20.9. The topological polar surface area (TPSA) is 20.2 Å². The maximum Gasteiger partial charge on any atom is 0.105 e. The second-order valence-electron chi connectivity index (χ2n) is 12.9. The van der Waals surface area contributed by atoms with Crippen LogP contribution in [-0.2, 0) is 0 Å². The second kappa shape index (κ2) is 5.41. The first-order chi connectivity index (χ1) is 14.3. The van der Waals surface area contributed by atoms with E-state index in [1.165, 1.54) is 46.3 Å². The van der Waals surface area contributed by atoms with Crippen molar-refractivity contribution in [3.63, 3.8) is 0 Å². The van der Waals surface area contributed by atoms with E-state index in [0.717, 1.165) is 6.42 Å². The lowest BCUT2D eigenvalue weighted by molar-refractivity contribution is 0.131. The largest absolute Gasteiger partial charge is 0.511 e. The Hall–Kier alpha value is -1.76. The maximum atomic E-state index is 11.6. The van der Waals surface area contributed by atoms with Crippen LogP contribution in [0.5, 0.6) is 0 Å². The molecule has 3 unspecified atom stereocenters. The van der Waals surface area contributed by atoms with Crippen LogP contribution < -0.4 is 0 Å². The molecule has 1 heteroatoms. The van der Waals surface area contributed by atoms with Gasteiger partial charge in [-0.05, 0) is 102 Å². The summed E-state index contributed by atoms with van der Waals surface area (Å²) in [5, 5.41) is 11.6. The van der Waals surface area contributed by atoms with Crippen molar-refractivity contribution in [2.45, 2.75) is 81.6 Å². The molecule has 9 aliphatic carbocycles. The van der Waals surface area contributed by atoms with Gasteiger partial charge in [-0.2, -0.15) is 0 Å². The summed E-state index contributed by atoms with van der Waals surface area (Å²) in [6, 6.07) is 0. The number of aliphatic hydroxyl groups excluding tert-OH is 1.